The second-order valence-corrected chi connectivity index (χ2v) is 8.07. The van der Waals surface area contributed by atoms with Crippen molar-refractivity contribution in [3.63, 3.8) is 0 Å². The van der Waals surface area contributed by atoms with Gasteiger partial charge in [-0.2, -0.15) is 13.2 Å². The van der Waals surface area contributed by atoms with Gasteiger partial charge < -0.3 is 10.2 Å². The summed E-state index contributed by atoms with van der Waals surface area (Å²) in [6.45, 7) is 1.39. The number of carbonyl (C=O) groups excluding carboxylic acids is 1. The molecule has 1 saturated heterocycles. The lowest BCUT2D eigenvalue weighted by molar-refractivity contribution is -0.121. The van der Waals surface area contributed by atoms with E-state index >= 15 is 0 Å². The van der Waals surface area contributed by atoms with Gasteiger partial charge in [-0.3, -0.25) is 9.69 Å². The molecule has 154 valence electrons. The number of hydrogen-bond donors (Lipinski definition) is 1. The first-order valence-electron chi connectivity index (χ1n) is 8.34. The molecule has 0 spiro atoms. The molecule has 1 aliphatic heterocycles. The molecule has 2 rings (SSSR count). The monoisotopic (exact) mass is 421 g/mol. The van der Waals surface area contributed by atoms with Crippen molar-refractivity contribution in [2.24, 2.45) is 0 Å². The van der Waals surface area contributed by atoms with Gasteiger partial charge in [0.2, 0.25) is 5.91 Å². The van der Waals surface area contributed by atoms with Crippen molar-refractivity contribution < 1.29 is 30.8 Å². The highest BCUT2D eigenvalue weighted by Gasteiger charge is 2.48. The van der Waals surface area contributed by atoms with Crippen LogP contribution in [0.25, 0.3) is 0 Å². The van der Waals surface area contributed by atoms with Crippen molar-refractivity contribution in [3.8, 4) is 12.3 Å². The number of terminal acetylenes is 1. The number of nitrogens with one attached hydrogen (secondary N) is 1. The van der Waals surface area contributed by atoms with Gasteiger partial charge in [-0.15, -0.1) is 6.42 Å². The van der Waals surface area contributed by atoms with Gasteiger partial charge in [0.15, 0.2) is 0 Å². The molecule has 0 atom stereocenters. The first kappa shape index (κ1) is 22.0. The Bertz CT molecular complexity index is 865. The van der Waals surface area contributed by atoms with E-state index in [0.717, 1.165) is 12.1 Å². The fraction of sp³-hybridized carbons (Fsp3) is 0.471. The fourth-order valence-corrected chi connectivity index (χ4v) is 3.86. The van der Waals surface area contributed by atoms with Gasteiger partial charge in [0.1, 0.15) is 10.7 Å². The molecule has 0 bridgehead atoms. The number of sulfone groups is 1. The van der Waals surface area contributed by atoms with E-state index in [4.69, 9.17) is 6.42 Å². The zero-order valence-corrected chi connectivity index (χ0v) is 15.6. The number of benzene rings is 1. The molecule has 1 heterocycles. The highest BCUT2D eigenvalue weighted by Crippen LogP contribution is 2.36. The molecule has 1 fully saturated rings. The van der Waals surface area contributed by atoms with Crippen LogP contribution in [0.15, 0.2) is 23.1 Å². The molecular weight excluding hydrogens is 402 g/mol. The molecule has 1 N–H and O–H groups in total. The van der Waals surface area contributed by atoms with Crippen molar-refractivity contribution in [3.05, 3.63) is 24.0 Å². The molecule has 0 aromatic heterocycles. The maximum absolute atomic E-state index is 13.5. The van der Waals surface area contributed by atoms with Crippen LogP contribution in [0.4, 0.5) is 23.2 Å². The van der Waals surface area contributed by atoms with Gasteiger partial charge in [0, 0.05) is 26.2 Å². The predicted molar refractivity (Wildman–Crippen MR) is 94.8 cm³/mol. The first-order chi connectivity index (χ1) is 13.1. The van der Waals surface area contributed by atoms with Crippen LogP contribution in [0, 0.1) is 18.2 Å². The Labute approximate surface area is 160 Å². The molecular formula is C17H19F4N3O3S. The topological polar surface area (TPSA) is 69.7 Å². The number of rotatable bonds is 5. The van der Waals surface area contributed by atoms with Crippen molar-refractivity contribution in [1.82, 2.24) is 10.2 Å². The predicted octanol–water partition coefficient (Wildman–Crippen LogP) is 1.38. The lowest BCUT2D eigenvalue weighted by atomic mass is 10.2. The van der Waals surface area contributed by atoms with Crippen LogP contribution in [0.3, 0.4) is 0 Å². The summed E-state index contributed by atoms with van der Waals surface area (Å²) < 4.78 is 76.2. The average molecular weight is 421 g/mol. The van der Waals surface area contributed by atoms with E-state index in [0.29, 0.717) is 25.6 Å². The molecule has 1 aromatic rings. The Morgan fingerprint density at radius 2 is 1.93 bits per heavy atom. The maximum atomic E-state index is 13.5. The Morgan fingerprint density at radius 3 is 2.57 bits per heavy atom. The summed E-state index contributed by atoms with van der Waals surface area (Å²) in [5, 5.41) is 2.52. The number of carbonyl (C=O) groups is 1. The lowest BCUT2D eigenvalue weighted by Crippen LogP contribution is -2.39. The minimum absolute atomic E-state index is 0.0621. The van der Waals surface area contributed by atoms with E-state index in [2.05, 4.69) is 11.2 Å². The van der Waals surface area contributed by atoms with E-state index < -0.39 is 26.1 Å². The Morgan fingerprint density at radius 1 is 1.21 bits per heavy atom. The SMILES string of the molecule is C#CCNC(=O)CN1CCCN(c2ccc(F)cc2S(=O)(=O)C(F)(F)F)CC1. The van der Waals surface area contributed by atoms with Gasteiger partial charge in [0.25, 0.3) is 9.84 Å². The van der Waals surface area contributed by atoms with Gasteiger partial charge in [-0.25, -0.2) is 12.8 Å². The van der Waals surface area contributed by atoms with Crippen LogP contribution in [0.5, 0.6) is 0 Å². The third kappa shape index (κ3) is 5.14. The smallest absolute Gasteiger partial charge is 0.369 e. The number of anilines is 1. The highest BCUT2D eigenvalue weighted by atomic mass is 32.2. The van der Waals surface area contributed by atoms with E-state index in [9.17, 15) is 30.8 Å². The number of halogens is 4. The van der Waals surface area contributed by atoms with Gasteiger partial charge in [-0.05, 0) is 24.6 Å². The van der Waals surface area contributed by atoms with Crippen LogP contribution in [0.1, 0.15) is 6.42 Å². The van der Waals surface area contributed by atoms with Crippen LogP contribution < -0.4 is 10.2 Å². The second-order valence-electron chi connectivity index (χ2n) is 6.16. The van der Waals surface area contributed by atoms with Crippen LogP contribution in [0.2, 0.25) is 0 Å². The van der Waals surface area contributed by atoms with Gasteiger partial charge >= 0.3 is 5.51 Å². The van der Waals surface area contributed by atoms with E-state index in [1.807, 2.05) is 0 Å². The largest absolute Gasteiger partial charge is 0.501 e. The molecule has 0 saturated carbocycles. The lowest BCUT2D eigenvalue weighted by Gasteiger charge is -2.26. The Balaban J connectivity index is 2.21. The summed E-state index contributed by atoms with van der Waals surface area (Å²) in [6, 6.07) is 2.33. The van der Waals surface area contributed by atoms with Crippen LogP contribution in [-0.4, -0.2) is 64.0 Å². The Hall–Kier alpha value is -2.32. The maximum Gasteiger partial charge on any atom is 0.501 e. The summed E-state index contributed by atoms with van der Waals surface area (Å²) in [7, 11) is -5.71. The zero-order valence-electron chi connectivity index (χ0n) is 14.8. The normalized spacial score (nSPS) is 16.3. The third-order valence-electron chi connectivity index (χ3n) is 4.20. The van der Waals surface area contributed by atoms with Crippen molar-refractivity contribution >= 4 is 21.4 Å². The summed E-state index contributed by atoms with van der Waals surface area (Å²) in [6.07, 6.45) is 5.54. The highest BCUT2D eigenvalue weighted by molar-refractivity contribution is 7.92. The quantitative estimate of drug-likeness (QED) is 0.575. The van der Waals surface area contributed by atoms with E-state index in [1.54, 1.807) is 4.90 Å². The van der Waals surface area contributed by atoms with E-state index in [-0.39, 0.29) is 37.8 Å². The second kappa shape index (κ2) is 8.79. The number of nitrogens with zero attached hydrogens (tertiary/aromatic N) is 2. The average Bonchev–Trinajstić information content (AvgIpc) is 2.84. The van der Waals surface area contributed by atoms with E-state index in [1.165, 1.54) is 4.90 Å². The summed E-state index contributed by atoms with van der Waals surface area (Å²) in [5.74, 6) is 0.916. The van der Waals surface area contributed by atoms with Gasteiger partial charge in [0.05, 0.1) is 18.8 Å². The van der Waals surface area contributed by atoms with Gasteiger partial charge in [-0.1, -0.05) is 5.92 Å². The van der Waals surface area contributed by atoms with Crippen molar-refractivity contribution in [2.75, 3.05) is 44.2 Å². The molecule has 0 aliphatic carbocycles. The summed E-state index contributed by atoms with van der Waals surface area (Å²) in [5.41, 5.74) is -5.75. The number of alkyl halides is 3. The van der Waals surface area contributed by atoms with Crippen molar-refractivity contribution in [1.29, 1.82) is 0 Å². The molecule has 1 aromatic carbocycles. The fourth-order valence-electron chi connectivity index (χ4n) is 2.87. The molecule has 11 heteroatoms. The van der Waals surface area contributed by atoms with Crippen LogP contribution in [-0.2, 0) is 14.6 Å². The van der Waals surface area contributed by atoms with Crippen molar-refractivity contribution in [2.45, 2.75) is 16.8 Å². The number of hydrogen-bond acceptors (Lipinski definition) is 5. The zero-order chi connectivity index (χ0) is 20.9. The molecule has 1 amide bonds. The first-order valence-corrected chi connectivity index (χ1v) is 9.83. The molecule has 0 radical (unpaired) electrons. The summed E-state index contributed by atoms with van der Waals surface area (Å²) >= 11 is 0. The minimum Gasteiger partial charge on any atom is -0.369 e. The third-order valence-corrected chi connectivity index (χ3v) is 5.72. The minimum atomic E-state index is -5.71. The molecule has 6 nitrogen and oxygen atoms in total. The summed E-state index contributed by atoms with van der Waals surface area (Å²) in [4.78, 5) is 13.9. The van der Waals surface area contributed by atoms with Crippen LogP contribution >= 0.6 is 0 Å². The Kier molecular flexibility index (Phi) is 6.90. The number of amides is 1. The standard InChI is InChI=1S/C17H19F4N3O3S/c1-2-6-22-16(25)12-23-7-3-8-24(10-9-23)14-5-4-13(18)11-15(14)28(26,27)17(19,20)21/h1,4-5,11H,3,6-10,12H2,(H,22,25). The molecule has 1 aliphatic rings. The molecule has 28 heavy (non-hydrogen) atoms. The molecule has 0 unspecified atom stereocenters.